The van der Waals surface area contributed by atoms with E-state index >= 15 is 0 Å². The minimum Gasteiger partial charge on any atom is -0.490 e. The van der Waals surface area contributed by atoms with Crippen LogP contribution in [0.4, 0.5) is 5.69 Å². The van der Waals surface area contributed by atoms with Crippen LogP contribution in [0.1, 0.15) is 36.2 Å². The molecule has 0 atom stereocenters. The lowest BCUT2D eigenvalue weighted by molar-refractivity contribution is 0.0995. The summed E-state index contributed by atoms with van der Waals surface area (Å²) >= 11 is 3.17. The number of anilines is 1. The van der Waals surface area contributed by atoms with Crippen molar-refractivity contribution in [3.63, 3.8) is 0 Å². The van der Waals surface area contributed by atoms with Crippen molar-refractivity contribution in [3.05, 3.63) is 46.8 Å². The van der Waals surface area contributed by atoms with Crippen molar-refractivity contribution in [3.8, 4) is 5.75 Å². The predicted molar refractivity (Wildman–Crippen MR) is 83.7 cm³/mol. The van der Waals surface area contributed by atoms with Gasteiger partial charge in [0.15, 0.2) is 10.4 Å². The summed E-state index contributed by atoms with van der Waals surface area (Å²) in [4.78, 5) is 11.9. The minimum absolute atomic E-state index is 0.271. The van der Waals surface area contributed by atoms with Crippen LogP contribution in [0.2, 0.25) is 0 Å². The second kappa shape index (κ2) is 6.35. The molecule has 0 unspecified atom stereocenters. The molecule has 0 aliphatic heterocycles. The summed E-state index contributed by atoms with van der Waals surface area (Å²) in [5, 5.41) is 2.78. The molecule has 1 saturated carbocycles. The summed E-state index contributed by atoms with van der Waals surface area (Å²) in [7, 11) is 0. The third-order valence-electron chi connectivity index (χ3n) is 3.51. The average molecular weight is 350 g/mol. The van der Waals surface area contributed by atoms with Gasteiger partial charge in [-0.05, 0) is 78.0 Å². The van der Waals surface area contributed by atoms with E-state index < -0.39 is 0 Å². The maximum absolute atomic E-state index is 11.9. The molecule has 0 saturated heterocycles. The van der Waals surface area contributed by atoms with Crippen molar-refractivity contribution < 1.29 is 13.9 Å². The van der Waals surface area contributed by atoms with Crippen LogP contribution in [0.5, 0.6) is 5.75 Å². The van der Waals surface area contributed by atoms with E-state index in [9.17, 15) is 4.79 Å². The zero-order valence-electron chi connectivity index (χ0n) is 11.5. The third kappa shape index (κ3) is 3.67. The fraction of sp³-hybridized carbons (Fsp3) is 0.312. The highest BCUT2D eigenvalue weighted by atomic mass is 79.9. The molecule has 1 heterocycles. The summed E-state index contributed by atoms with van der Waals surface area (Å²) in [6.07, 6.45) is 5.10. The number of carbonyl (C=O) groups is 1. The van der Waals surface area contributed by atoms with Crippen LogP contribution in [0, 0.1) is 0 Å². The van der Waals surface area contributed by atoms with E-state index in [1.165, 1.54) is 12.8 Å². The summed E-state index contributed by atoms with van der Waals surface area (Å²) in [5.41, 5.74) is 0.714. The quantitative estimate of drug-likeness (QED) is 0.876. The van der Waals surface area contributed by atoms with Crippen LogP contribution >= 0.6 is 15.9 Å². The van der Waals surface area contributed by atoms with E-state index in [-0.39, 0.29) is 11.7 Å². The number of halogens is 1. The van der Waals surface area contributed by atoms with Gasteiger partial charge in [0, 0.05) is 5.69 Å². The highest BCUT2D eigenvalue weighted by Gasteiger charge is 2.16. The average Bonchev–Trinajstić information content (AvgIpc) is 3.12. The van der Waals surface area contributed by atoms with Crippen molar-refractivity contribution >= 4 is 27.5 Å². The van der Waals surface area contributed by atoms with Crippen molar-refractivity contribution in [1.82, 2.24) is 0 Å². The van der Waals surface area contributed by atoms with Crippen molar-refractivity contribution in [1.29, 1.82) is 0 Å². The largest absolute Gasteiger partial charge is 0.490 e. The minimum atomic E-state index is -0.273. The molecule has 1 N–H and O–H groups in total. The Balaban J connectivity index is 1.60. The van der Waals surface area contributed by atoms with E-state index in [1.807, 2.05) is 24.3 Å². The fourth-order valence-corrected chi connectivity index (χ4v) is 2.75. The molecule has 1 aliphatic carbocycles. The topological polar surface area (TPSA) is 51.5 Å². The van der Waals surface area contributed by atoms with Crippen LogP contribution < -0.4 is 10.1 Å². The van der Waals surface area contributed by atoms with E-state index in [0.29, 0.717) is 16.5 Å². The first kappa shape index (κ1) is 14.2. The van der Waals surface area contributed by atoms with E-state index in [4.69, 9.17) is 9.15 Å². The van der Waals surface area contributed by atoms with Gasteiger partial charge in [0.05, 0.1) is 6.10 Å². The number of amides is 1. The van der Waals surface area contributed by atoms with E-state index in [0.717, 1.165) is 18.6 Å². The number of nitrogens with one attached hydrogen (secondary N) is 1. The molecule has 5 heteroatoms. The number of rotatable bonds is 4. The molecular formula is C16H16BrNO3. The van der Waals surface area contributed by atoms with Crippen molar-refractivity contribution in [2.45, 2.75) is 31.8 Å². The standard InChI is InChI=1S/C16H16BrNO3/c17-15-10-9-14(21-15)16(19)18-11-5-7-13(8-6-11)20-12-3-1-2-4-12/h5-10,12H,1-4H2,(H,18,19). The molecule has 3 rings (SSSR count). The third-order valence-corrected chi connectivity index (χ3v) is 3.94. The van der Waals surface area contributed by atoms with Crippen LogP contribution in [-0.4, -0.2) is 12.0 Å². The number of ether oxygens (including phenoxy) is 1. The maximum Gasteiger partial charge on any atom is 0.291 e. The molecule has 0 spiro atoms. The zero-order valence-corrected chi connectivity index (χ0v) is 13.1. The summed E-state index contributed by atoms with van der Waals surface area (Å²) < 4.78 is 11.6. The Morgan fingerprint density at radius 3 is 2.48 bits per heavy atom. The highest BCUT2D eigenvalue weighted by Crippen LogP contribution is 2.25. The second-order valence-corrected chi connectivity index (χ2v) is 5.89. The first-order chi connectivity index (χ1) is 10.2. The number of hydrogen-bond donors (Lipinski definition) is 1. The van der Waals surface area contributed by atoms with Crippen LogP contribution in [-0.2, 0) is 0 Å². The molecule has 110 valence electrons. The fourth-order valence-electron chi connectivity index (χ4n) is 2.44. The van der Waals surface area contributed by atoms with Gasteiger partial charge >= 0.3 is 0 Å². The lowest BCUT2D eigenvalue weighted by Crippen LogP contribution is -2.12. The summed E-state index contributed by atoms with van der Waals surface area (Å²) in [6, 6.07) is 10.7. The Morgan fingerprint density at radius 2 is 1.86 bits per heavy atom. The molecule has 21 heavy (non-hydrogen) atoms. The lowest BCUT2D eigenvalue weighted by Gasteiger charge is -2.13. The summed E-state index contributed by atoms with van der Waals surface area (Å²) in [5.74, 6) is 0.846. The number of furan rings is 1. The SMILES string of the molecule is O=C(Nc1ccc(OC2CCCC2)cc1)c1ccc(Br)o1. The molecule has 1 fully saturated rings. The van der Waals surface area contributed by atoms with Crippen molar-refractivity contribution in [2.24, 2.45) is 0 Å². The van der Waals surface area contributed by atoms with Crippen LogP contribution in [0.3, 0.4) is 0 Å². The van der Waals surface area contributed by atoms with Gasteiger partial charge in [-0.1, -0.05) is 0 Å². The highest BCUT2D eigenvalue weighted by molar-refractivity contribution is 9.10. The molecule has 2 aromatic rings. The van der Waals surface area contributed by atoms with Gasteiger partial charge in [0.2, 0.25) is 0 Å². The molecule has 0 bridgehead atoms. The normalized spacial score (nSPS) is 15.1. The van der Waals surface area contributed by atoms with Gasteiger partial charge in [-0.2, -0.15) is 0 Å². The van der Waals surface area contributed by atoms with Gasteiger partial charge in [0.1, 0.15) is 5.75 Å². The maximum atomic E-state index is 11.9. The van der Waals surface area contributed by atoms with Gasteiger partial charge in [0.25, 0.3) is 5.91 Å². The zero-order chi connectivity index (χ0) is 14.7. The van der Waals surface area contributed by atoms with E-state index in [1.54, 1.807) is 12.1 Å². The molecule has 1 aromatic carbocycles. The number of hydrogen-bond acceptors (Lipinski definition) is 3. The number of carbonyl (C=O) groups excluding carboxylic acids is 1. The first-order valence-corrected chi connectivity index (χ1v) is 7.83. The second-order valence-electron chi connectivity index (χ2n) is 5.11. The number of benzene rings is 1. The summed E-state index contributed by atoms with van der Waals surface area (Å²) in [6.45, 7) is 0. The Hall–Kier alpha value is -1.75. The monoisotopic (exact) mass is 349 g/mol. The smallest absolute Gasteiger partial charge is 0.291 e. The molecule has 1 amide bonds. The van der Waals surface area contributed by atoms with E-state index in [2.05, 4.69) is 21.2 Å². The predicted octanol–water partition coefficient (Wildman–Crippen LogP) is 4.62. The Morgan fingerprint density at radius 1 is 1.14 bits per heavy atom. The van der Waals surface area contributed by atoms with Crippen LogP contribution in [0.25, 0.3) is 0 Å². The molecule has 1 aromatic heterocycles. The van der Waals surface area contributed by atoms with Gasteiger partial charge in [-0.25, -0.2) is 0 Å². The lowest BCUT2D eigenvalue weighted by atomic mass is 10.2. The molecule has 0 radical (unpaired) electrons. The molecular weight excluding hydrogens is 334 g/mol. The van der Waals surface area contributed by atoms with Gasteiger partial charge in [-0.3, -0.25) is 4.79 Å². The Bertz CT molecular complexity index is 615. The molecule has 1 aliphatic rings. The Kier molecular flexibility index (Phi) is 4.29. The van der Waals surface area contributed by atoms with Crippen LogP contribution in [0.15, 0.2) is 45.5 Å². The van der Waals surface area contributed by atoms with Gasteiger partial charge in [-0.15, -0.1) is 0 Å². The van der Waals surface area contributed by atoms with Gasteiger partial charge < -0.3 is 14.5 Å². The van der Waals surface area contributed by atoms with Crippen molar-refractivity contribution in [2.75, 3.05) is 5.32 Å². The first-order valence-electron chi connectivity index (χ1n) is 7.04. The Labute approximate surface area is 131 Å². The molecule has 4 nitrogen and oxygen atoms in total.